The molecule has 1 aliphatic rings. The lowest BCUT2D eigenvalue weighted by molar-refractivity contribution is 0.0698. The molecular formula is C15H23N3O2. The molecule has 1 aromatic carbocycles. The fourth-order valence-electron chi connectivity index (χ4n) is 2.62. The zero-order chi connectivity index (χ0) is 14.7. The predicted molar refractivity (Wildman–Crippen MR) is 81.4 cm³/mol. The van der Waals surface area contributed by atoms with Crippen molar-refractivity contribution in [1.82, 2.24) is 4.90 Å². The molecule has 0 radical (unpaired) electrons. The summed E-state index contributed by atoms with van der Waals surface area (Å²) < 4.78 is 0. The number of carboxylic acid groups (broad SMARTS) is 1. The highest BCUT2D eigenvalue weighted by Gasteiger charge is 2.21. The average molecular weight is 277 g/mol. The number of piperazine rings is 1. The van der Waals surface area contributed by atoms with Crippen molar-refractivity contribution in [3.8, 4) is 0 Å². The van der Waals surface area contributed by atoms with E-state index in [0.717, 1.165) is 31.9 Å². The summed E-state index contributed by atoms with van der Waals surface area (Å²) in [6, 6.07) is 5.83. The van der Waals surface area contributed by atoms with Gasteiger partial charge in [0.2, 0.25) is 0 Å². The van der Waals surface area contributed by atoms with Gasteiger partial charge in [0.05, 0.1) is 5.56 Å². The van der Waals surface area contributed by atoms with Gasteiger partial charge in [0.15, 0.2) is 0 Å². The Balaban J connectivity index is 2.04. The van der Waals surface area contributed by atoms with E-state index in [1.807, 2.05) is 6.07 Å². The van der Waals surface area contributed by atoms with Gasteiger partial charge in [-0.2, -0.15) is 0 Å². The Morgan fingerprint density at radius 2 is 2.00 bits per heavy atom. The summed E-state index contributed by atoms with van der Waals surface area (Å²) in [4.78, 5) is 15.7. The molecule has 1 fully saturated rings. The summed E-state index contributed by atoms with van der Waals surface area (Å²) >= 11 is 0. The van der Waals surface area contributed by atoms with Gasteiger partial charge in [-0.25, -0.2) is 4.79 Å². The first-order valence-electron chi connectivity index (χ1n) is 7.14. The van der Waals surface area contributed by atoms with Crippen molar-refractivity contribution >= 4 is 17.3 Å². The van der Waals surface area contributed by atoms with Crippen LogP contribution in [0.4, 0.5) is 11.4 Å². The van der Waals surface area contributed by atoms with E-state index < -0.39 is 5.97 Å². The number of carboxylic acids is 1. The molecule has 110 valence electrons. The van der Waals surface area contributed by atoms with Crippen molar-refractivity contribution in [2.24, 2.45) is 0 Å². The minimum Gasteiger partial charge on any atom is -0.478 e. The molecule has 1 atom stereocenters. The van der Waals surface area contributed by atoms with Gasteiger partial charge in [0.1, 0.15) is 0 Å². The third-order valence-corrected chi connectivity index (χ3v) is 4.16. The molecular weight excluding hydrogens is 254 g/mol. The number of hydrogen-bond donors (Lipinski definition) is 2. The molecule has 0 spiro atoms. The number of nitrogens with zero attached hydrogens (tertiary/aromatic N) is 2. The van der Waals surface area contributed by atoms with E-state index in [0.29, 0.717) is 11.7 Å². The van der Waals surface area contributed by atoms with Crippen LogP contribution in [-0.4, -0.2) is 48.2 Å². The van der Waals surface area contributed by atoms with Crippen molar-refractivity contribution in [2.75, 3.05) is 36.8 Å². The fourth-order valence-corrected chi connectivity index (χ4v) is 2.62. The normalized spacial score (nSPS) is 18.0. The van der Waals surface area contributed by atoms with Gasteiger partial charge in [0.25, 0.3) is 0 Å². The van der Waals surface area contributed by atoms with Crippen molar-refractivity contribution in [3.63, 3.8) is 0 Å². The molecule has 3 N–H and O–H groups in total. The largest absolute Gasteiger partial charge is 0.478 e. The van der Waals surface area contributed by atoms with Gasteiger partial charge in [-0.05, 0) is 31.5 Å². The summed E-state index contributed by atoms with van der Waals surface area (Å²) in [6.07, 6.45) is 1.17. The molecule has 1 saturated heterocycles. The Labute approximate surface area is 120 Å². The highest BCUT2D eigenvalue weighted by atomic mass is 16.4. The lowest BCUT2D eigenvalue weighted by atomic mass is 10.1. The first kappa shape index (κ1) is 14.7. The Kier molecular flexibility index (Phi) is 4.49. The molecule has 5 nitrogen and oxygen atoms in total. The SMILES string of the molecule is CCC(C)N1CCN(c2ccc(C(=O)O)c(N)c2)CC1. The molecule has 0 aliphatic carbocycles. The summed E-state index contributed by atoms with van der Waals surface area (Å²) in [5.41, 5.74) is 7.32. The predicted octanol–water partition coefficient (Wildman–Crippen LogP) is 1.89. The quantitative estimate of drug-likeness (QED) is 0.822. The van der Waals surface area contributed by atoms with Gasteiger partial charge >= 0.3 is 5.97 Å². The fraction of sp³-hybridized carbons (Fsp3) is 0.533. The van der Waals surface area contributed by atoms with E-state index in [2.05, 4.69) is 23.6 Å². The van der Waals surface area contributed by atoms with Crippen LogP contribution in [0.15, 0.2) is 18.2 Å². The van der Waals surface area contributed by atoms with Crippen LogP contribution in [0.3, 0.4) is 0 Å². The summed E-state index contributed by atoms with van der Waals surface area (Å²) in [5, 5.41) is 8.99. The van der Waals surface area contributed by atoms with E-state index in [-0.39, 0.29) is 5.56 Å². The lowest BCUT2D eigenvalue weighted by Crippen LogP contribution is -2.49. The number of rotatable bonds is 4. The molecule has 0 bridgehead atoms. The second-order valence-corrected chi connectivity index (χ2v) is 5.36. The first-order chi connectivity index (χ1) is 9.52. The Hall–Kier alpha value is -1.75. The van der Waals surface area contributed by atoms with Gasteiger partial charge in [-0.3, -0.25) is 4.90 Å². The number of carbonyl (C=O) groups is 1. The summed E-state index contributed by atoms with van der Waals surface area (Å²) in [7, 11) is 0. The Morgan fingerprint density at radius 1 is 1.35 bits per heavy atom. The third-order valence-electron chi connectivity index (χ3n) is 4.16. The highest BCUT2D eigenvalue weighted by Crippen LogP contribution is 2.23. The standard InChI is InChI=1S/C15H23N3O2/c1-3-11(2)17-6-8-18(9-7-17)12-4-5-13(15(19)20)14(16)10-12/h4-5,10-11H,3,6-9,16H2,1-2H3,(H,19,20). The Morgan fingerprint density at radius 3 is 2.50 bits per heavy atom. The molecule has 2 rings (SSSR count). The molecule has 1 aromatic rings. The van der Waals surface area contributed by atoms with Gasteiger partial charge in [-0.1, -0.05) is 6.92 Å². The second-order valence-electron chi connectivity index (χ2n) is 5.36. The molecule has 0 aromatic heterocycles. The second kappa shape index (κ2) is 6.13. The van der Waals surface area contributed by atoms with E-state index in [1.165, 1.54) is 6.42 Å². The minimum absolute atomic E-state index is 0.173. The number of anilines is 2. The third kappa shape index (κ3) is 3.04. The van der Waals surface area contributed by atoms with Crippen molar-refractivity contribution in [2.45, 2.75) is 26.3 Å². The molecule has 0 amide bonds. The van der Waals surface area contributed by atoms with Crippen LogP contribution >= 0.6 is 0 Å². The van der Waals surface area contributed by atoms with E-state index >= 15 is 0 Å². The maximum atomic E-state index is 11.0. The highest BCUT2D eigenvalue weighted by molar-refractivity contribution is 5.94. The zero-order valence-corrected chi connectivity index (χ0v) is 12.2. The van der Waals surface area contributed by atoms with E-state index in [1.54, 1.807) is 12.1 Å². The van der Waals surface area contributed by atoms with E-state index in [4.69, 9.17) is 10.8 Å². The number of aromatic carboxylic acids is 1. The number of hydrogen-bond acceptors (Lipinski definition) is 4. The van der Waals surface area contributed by atoms with Gasteiger partial charge in [-0.15, -0.1) is 0 Å². The average Bonchev–Trinajstić information content (AvgIpc) is 2.46. The summed E-state index contributed by atoms with van der Waals surface area (Å²) in [6.45, 7) is 8.45. The van der Waals surface area contributed by atoms with Crippen LogP contribution in [0.2, 0.25) is 0 Å². The van der Waals surface area contributed by atoms with Gasteiger partial charge < -0.3 is 15.7 Å². The number of benzene rings is 1. The van der Waals surface area contributed by atoms with Crippen LogP contribution in [0.1, 0.15) is 30.6 Å². The monoisotopic (exact) mass is 277 g/mol. The van der Waals surface area contributed by atoms with Gasteiger partial charge in [0, 0.05) is 43.6 Å². The molecule has 0 saturated carbocycles. The van der Waals surface area contributed by atoms with Crippen molar-refractivity contribution in [1.29, 1.82) is 0 Å². The van der Waals surface area contributed by atoms with Crippen molar-refractivity contribution in [3.05, 3.63) is 23.8 Å². The van der Waals surface area contributed by atoms with Crippen molar-refractivity contribution < 1.29 is 9.90 Å². The topological polar surface area (TPSA) is 69.8 Å². The maximum absolute atomic E-state index is 11.0. The van der Waals surface area contributed by atoms with Crippen LogP contribution in [0.5, 0.6) is 0 Å². The first-order valence-corrected chi connectivity index (χ1v) is 7.14. The number of nitrogen functional groups attached to an aromatic ring is 1. The maximum Gasteiger partial charge on any atom is 0.337 e. The minimum atomic E-state index is -0.976. The molecule has 1 unspecified atom stereocenters. The van der Waals surface area contributed by atoms with Crippen LogP contribution < -0.4 is 10.6 Å². The molecule has 1 aliphatic heterocycles. The Bertz CT molecular complexity index is 482. The lowest BCUT2D eigenvalue weighted by Gasteiger charge is -2.39. The smallest absolute Gasteiger partial charge is 0.337 e. The number of nitrogens with two attached hydrogens (primary N) is 1. The van der Waals surface area contributed by atoms with Crippen LogP contribution in [0.25, 0.3) is 0 Å². The van der Waals surface area contributed by atoms with Crippen LogP contribution in [-0.2, 0) is 0 Å². The molecule has 1 heterocycles. The molecule has 5 heteroatoms. The van der Waals surface area contributed by atoms with E-state index in [9.17, 15) is 4.79 Å². The zero-order valence-electron chi connectivity index (χ0n) is 12.2. The van der Waals surface area contributed by atoms with Crippen LogP contribution in [0, 0.1) is 0 Å². The summed E-state index contributed by atoms with van der Waals surface area (Å²) in [5.74, 6) is -0.976. The molecule has 20 heavy (non-hydrogen) atoms.